The Bertz CT molecular complexity index is 724. The van der Waals surface area contributed by atoms with Crippen LogP contribution in [0, 0.1) is 5.92 Å². The van der Waals surface area contributed by atoms with Crippen LogP contribution in [0.25, 0.3) is 0 Å². The number of carbonyl (C=O) groups is 2. The molecule has 0 spiro atoms. The molecule has 2 aromatic rings. The second-order valence-corrected chi connectivity index (χ2v) is 6.69. The highest BCUT2D eigenvalue weighted by atomic mass is 35.5. The van der Waals surface area contributed by atoms with Crippen molar-refractivity contribution in [1.29, 1.82) is 0 Å². The number of nitrogens with one attached hydrogen (secondary N) is 1. The molecule has 1 N–H and O–H groups in total. The molecule has 1 atom stereocenters. The maximum absolute atomic E-state index is 12.4. The van der Waals surface area contributed by atoms with Crippen LogP contribution in [0.5, 0.6) is 5.75 Å². The molecule has 132 valence electrons. The van der Waals surface area contributed by atoms with Crippen LogP contribution in [-0.2, 0) is 4.79 Å². The van der Waals surface area contributed by atoms with Crippen molar-refractivity contribution >= 4 is 23.3 Å². The number of ketones is 1. The van der Waals surface area contributed by atoms with Crippen LogP contribution in [0.2, 0.25) is 5.02 Å². The van der Waals surface area contributed by atoms with Crippen LogP contribution in [0.15, 0.2) is 48.5 Å². The molecule has 0 fully saturated rings. The van der Waals surface area contributed by atoms with Crippen LogP contribution in [0.4, 0.5) is 0 Å². The highest BCUT2D eigenvalue weighted by Gasteiger charge is 2.12. The molecule has 0 saturated carbocycles. The molecule has 25 heavy (non-hydrogen) atoms. The largest absolute Gasteiger partial charge is 0.484 e. The lowest BCUT2D eigenvalue weighted by Gasteiger charge is -2.17. The molecule has 0 heterocycles. The average molecular weight is 360 g/mol. The van der Waals surface area contributed by atoms with E-state index in [2.05, 4.69) is 5.32 Å². The summed E-state index contributed by atoms with van der Waals surface area (Å²) in [7, 11) is 0. The average Bonchev–Trinajstić information content (AvgIpc) is 2.60. The molecule has 0 aliphatic heterocycles. The van der Waals surface area contributed by atoms with Gasteiger partial charge in [0, 0.05) is 22.2 Å². The van der Waals surface area contributed by atoms with E-state index in [1.54, 1.807) is 48.5 Å². The van der Waals surface area contributed by atoms with Crippen molar-refractivity contribution in [3.8, 4) is 5.75 Å². The summed E-state index contributed by atoms with van der Waals surface area (Å²) in [5.74, 6) is 0.649. The maximum Gasteiger partial charge on any atom is 0.258 e. The summed E-state index contributed by atoms with van der Waals surface area (Å²) in [4.78, 5) is 24.2. The van der Waals surface area contributed by atoms with Crippen molar-refractivity contribution in [2.24, 2.45) is 5.92 Å². The van der Waals surface area contributed by atoms with Crippen molar-refractivity contribution < 1.29 is 14.3 Å². The normalized spacial score (nSPS) is 11.9. The summed E-state index contributed by atoms with van der Waals surface area (Å²) >= 11 is 5.83. The second kappa shape index (κ2) is 8.67. The Morgan fingerprint density at radius 3 is 2.00 bits per heavy atom. The maximum atomic E-state index is 12.4. The molecular weight excluding hydrogens is 338 g/mol. The number of hydrogen-bond acceptors (Lipinski definition) is 3. The van der Waals surface area contributed by atoms with E-state index in [1.807, 2.05) is 20.8 Å². The molecule has 2 aromatic carbocycles. The predicted octanol–water partition coefficient (Wildman–Crippen LogP) is 4.11. The van der Waals surface area contributed by atoms with Crippen molar-refractivity contribution in [2.75, 3.05) is 6.61 Å². The Morgan fingerprint density at radius 1 is 0.960 bits per heavy atom. The zero-order chi connectivity index (χ0) is 18.4. The minimum absolute atomic E-state index is 0.0540. The van der Waals surface area contributed by atoms with Gasteiger partial charge in [-0.05, 0) is 61.4 Å². The fraction of sp³-hybridized carbons (Fsp3) is 0.300. The number of halogens is 1. The Kier molecular flexibility index (Phi) is 6.59. The molecule has 1 amide bonds. The molecule has 4 nitrogen and oxygen atoms in total. The third kappa shape index (κ3) is 5.61. The molecule has 0 bridgehead atoms. The lowest BCUT2D eigenvalue weighted by Crippen LogP contribution is -2.38. The third-order valence-electron chi connectivity index (χ3n) is 3.98. The summed E-state index contributed by atoms with van der Waals surface area (Å²) in [6, 6.07) is 13.6. The first-order chi connectivity index (χ1) is 11.9. The number of amides is 1. The molecular formula is C20H22ClNO3. The highest BCUT2D eigenvalue weighted by Crippen LogP contribution is 2.17. The topological polar surface area (TPSA) is 55.4 Å². The summed E-state index contributed by atoms with van der Waals surface area (Å²) in [5, 5.41) is 3.46. The van der Waals surface area contributed by atoms with Crippen LogP contribution >= 0.6 is 11.6 Å². The molecule has 2 rings (SSSR count). The first-order valence-electron chi connectivity index (χ1n) is 8.19. The summed E-state index contributed by atoms with van der Waals surface area (Å²) in [6.07, 6.45) is 0. The number of hydrogen-bond donors (Lipinski definition) is 1. The highest BCUT2D eigenvalue weighted by molar-refractivity contribution is 6.30. The first-order valence-corrected chi connectivity index (χ1v) is 8.57. The smallest absolute Gasteiger partial charge is 0.258 e. The molecule has 0 aromatic heterocycles. The van der Waals surface area contributed by atoms with Gasteiger partial charge >= 0.3 is 0 Å². The SMILES string of the molecule is CC(C)[C@H](C)NC(=O)COc1ccc(C(=O)c2ccc(Cl)cc2)cc1. The lowest BCUT2D eigenvalue weighted by molar-refractivity contribution is -0.124. The van der Waals surface area contributed by atoms with Gasteiger partial charge in [-0.2, -0.15) is 0 Å². The Labute approximate surface area is 153 Å². The Balaban J connectivity index is 1.92. The van der Waals surface area contributed by atoms with E-state index in [0.717, 1.165) is 0 Å². The van der Waals surface area contributed by atoms with Crippen LogP contribution in [0.3, 0.4) is 0 Å². The summed E-state index contributed by atoms with van der Waals surface area (Å²) in [5.41, 5.74) is 1.12. The van der Waals surface area contributed by atoms with Crippen LogP contribution < -0.4 is 10.1 Å². The van der Waals surface area contributed by atoms with E-state index in [1.165, 1.54) is 0 Å². The molecule has 0 saturated heterocycles. The molecule has 0 aliphatic rings. The zero-order valence-corrected chi connectivity index (χ0v) is 15.3. The number of carbonyl (C=O) groups excluding carboxylic acids is 2. The quantitative estimate of drug-likeness (QED) is 0.757. The minimum atomic E-state index is -0.164. The summed E-state index contributed by atoms with van der Waals surface area (Å²) < 4.78 is 5.46. The van der Waals surface area contributed by atoms with E-state index < -0.39 is 0 Å². The van der Waals surface area contributed by atoms with Crippen molar-refractivity contribution in [2.45, 2.75) is 26.8 Å². The molecule has 5 heteroatoms. The third-order valence-corrected chi connectivity index (χ3v) is 4.23. The minimum Gasteiger partial charge on any atom is -0.484 e. The molecule has 0 aliphatic carbocycles. The number of ether oxygens (including phenoxy) is 1. The number of benzene rings is 2. The van der Waals surface area contributed by atoms with E-state index >= 15 is 0 Å². The predicted molar refractivity (Wildman–Crippen MR) is 99.3 cm³/mol. The second-order valence-electron chi connectivity index (χ2n) is 6.25. The number of rotatable bonds is 7. The van der Waals surface area contributed by atoms with E-state index in [9.17, 15) is 9.59 Å². The van der Waals surface area contributed by atoms with Gasteiger partial charge in [-0.15, -0.1) is 0 Å². The van der Waals surface area contributed by atoms with E-state index in [4.69, 9.17) is 16.3 Å². The zero-order valence-electron chi connectivity index (χ0n) is 14.6. The van der Waals surface area contributed by atoms with Crippen molar-refractivity contribution in [3.63, 3.8) is 0 Å². The van der Waals surface area contributed by atoms with E-state index in [0.29, 0.717) is 27.8 Å². The fourth-order valence-corrected chi connectivity index (χ4v) is 2.21. The van der Waals surface area contributed by atoms with Crippen LogP contribution in [-0.4, -0.2) is 24.3 Å². The van der Waals surface area contributed by atoms with Crippen LogP contribution in [0.1, 0.15) is 36.7 Å². The van der Waals surface area contributed by atoms with Gasteiger partial charge in [0.2, 0.25) is 0 Å². The van der Waals surface area contributed by atoms with Gasteiger partial charge in [0.05, 0.1) is 0 Å². The van der Waals surface area contributed by atoms with Gasteiger partial charge in [-0.1, -0.05) is 25.4 Å². The summed E-state index contributed by atoms with van der Waals surface area (Å²) in [6.45, 7) is 5.99. The lowest BCUT2D eigenvalue weighted by atomic mass is 10.0. The molecule has 0 unspecified atom stereocenters. The van der Waals surface area contributed by atoms with E-state index in [-0.39, 0.29) is 24.3 Å². The standard InChI is InChI=1S/C20H22ClNO3/c1-13(2)14(3)22-19(23)12-25-18-10-6-16(7-11-18)20(24)15-4-8-17(21)9-5-15/h4-11,13-14H,12H2,1-3H3,(H,22,23)/t14-/m0/s1. The van der Waals surface area contributed by atoms with Gasteiger partial charge in [0.15, 0.2) is 12.4 Å². The Morgan fingerprint density at radius 2 is 1.48 bits per heavy atom. The monoisotopic (exact) mass is 359 g/mol. The van der Waals surface area contributed by atoms with Gasteiger partial charge < -0.3 is 10.1 Å². The van der Waals surface area contributed by atoms with Crippen molar-refractivity contribution in [3.05, 3.63) is 64.7 Å². The van der Waals surface area contributed by atoms with Gasteiger partial charge in [-0.3, -0.25) is 9.59 Å². The molecule has 0 radical (unpaired) electrons. The first kappa shape index (κ1) is 19.0. The van der Waals surface area contributed by atoms with Gasteiger partial charge in [0.1, 0.15) is 5.75 Å². The van der Waals surface area contributed by atoms with Gasteiger partial charge in [-0.25, -0.2) is 0 Å². The van der Waals surface area contributed by atoms with Crippen molar-refractivity contribution in [1.82, 2.24) is 5.32 Å². The fourth-order valence-electron chi connectivity index (χ4n) is 2.08. The van der Waals surface area contributed by atoms with Gasteiger partial charge in [0.25, 0.3) is 5.91 Å². The Hall–Kier alpha value is -2.33.